The zero-order valence-electron chi connectivity index (χ0n) is 8.03. The predicted molar refractivity (Wildman–Crippen MR) is 43.9 cm³/mol. The number of hydrogen-bond acceptors (Lipinski definition) is 5. The third kappa shape index (κ3) is 5.13. The van der Waals surface area contributed by atoms with Crippen molar-refractivity contribution in [3.63, 3.8) is 0 Å². The van der Waals surface area contributed by atoms with Gasteiger partial charge in [0.15, 0.2) is 0 Å². The first kappa shape index (κ1) is 12.4. The lowest BCUT2D eigenvalue weighted by Gasteiger charge is -2.15. The summed E-state index contributed by atoms with van der Waals surface area (Å²) in [5.41, 5.74) is 0. The van der Waals surface area contributed by atoms with Crippen LogP contribution >= 0.6 is 0 Å². The fourth-order valence-corrected chi connectivity index (χ4v) is 0.899. The van der Waals surface area contributed by atoms with Gasteiger partial charge in [-0.05, 0) is 12.8 Å². The lowest BCUT2D eigenvalue weighted by Crippen LogP contribution is -2.41. The van der Waals surface area contributed by atoms with E-state index in [-0.39, 0.29) is 12.8 Å². The van der Waals surface area contributed by atoms with Crippen LogP contribution < -0.4 is 10.4 Å². The number of methoxy groups -OCH3 is 1. The van der Waals surface area contributed by atoms with Crippen molar-refractivity contribution in [3.8, 4) is 0 Å². The first-order chi connectivity index (χ1) is 6.47. The Balaban J connectivity index is 4.17. The van der Waals surface area contributed by atoms with Gasteiger partial charge in [-0.1, -0.05) is 0 Å². The number of hydrogen-bond donors (Lipinski definition) is 1. The van der Waals surface area contributed by atoms with Crippen LogP contribution in [-0.4, -0.2) is 31.0 Å². The van der Waals surface area contributed by atoms with Gasteiger partial charge >= 0.3 is 5.97 Å². The number of aliphatic carboxylic acids is 1. The second-order valence-corrected chi connectivity index (χ2v) is 2.69. The Morgan fingerprint density at radius 1 is 1.43 bits per heavy atom. The number of carboxylic acid groups (broad SMARTS) is 1. The highest BCUT2D eigenvalue weighted by Crippen LogP contribution is 1.98. The molecule has 0 bridgehead atoms. The van der Waals surface area contributed by atoms with Crippen LogP contribution in [0.15, 0.2) is 0 Å². The Morgan fingerprint density at radius 3 is 2.36 bits per heavy atom. The van der Waals surface area contributed by atoms with Crippen molar-refractivity contribution in [1.29, 1.82) is 0 Å². The van der Waals surface area contributed by atoms with Crippen molar-refractivity contribution in [2.24, 2.45) is 0 Å². The lowest BCUT2D eigenvalue weighted by molar-refractivity contribution is -0.305. The van der Waals surface area contributed by atoms with Crippen molar-refractivity contribution >= 4 is 17.8 Å². The minimum Gasteiger partial charge on any atom is -0.550 e. The van der Waals surface area contributed by atoms with Crippen LogP contribution in [0, 0.1) is 0 Å². The average molecular weight is 202 g/mol. The lowest BCUT2D eigenvalue weighted by atomic mass is 10.1. The second kappa shape index (κ2) is 5.95. The molecule has 1 N–H and O–H groups in total. The van der Waals surface area contributed by atoms with Gasteiger partial charge in [-0.3, -0.25) is 4.79 Å². The van der Waals surface area contributed by atoms with Gasteiger partial charge in [0.25, 0.3) is 0 Å². The molecule has 6 heteroatoms. The number of carbonyl (C=O) groups is 3. The largest absolute Gasteiger partial charge is 0.550 e. The van der Waals surface area contributed by atoms with Crippen LogP contribution in [0.3, 0.4) is 0 Å². The number of esters is 1. The number of rotatable bonds is 5. The topological polar surface area (TPSA) is 95.5 Å². The molecule has 1 amide bonds. The molecule has 0 aliphatic heterocycles. The summed E-state index contributed by atoms with van der Waals surface area (Å²) < 4.78 is 4.38. The summed E-state index contributed by atoms with van der Waals surface area (Å²) in [6, 6.07) is -0.921. The minimum absolute atomic E-state index is 0.0331. The molecule has 0 spiro atoms. The number of carbonyl (C=O) groups excluding carboxylic acids is 3. The summed E-state index contributed by atoms with van der Waals surface area (Å²) in [6.45, 7) is 1.23. The molecule has 6 nitrogen and oxygen atoms in total. The number of nitrogens with one attached hydrogen (secondary N) is 1. The van der Waals surface area contributed by atoms with Crippen LogP contribution in [0.4, 0.5) is 0 Å². The molecule has 0 fully saturated rings. The van der Waals surface area contributed by atoms with Gasteiger partial charge in [-0.15, -0.1) is 0 Å². The SMILES string of the molecule is COC(=O)[C@H](CCC(=O)[O-])NC(C)=O. The molecule has 0 aromatic carbocycles. The molecule has 0 rings (SSSR count). The van der Waals surface area contributed by atoms with Crippen molar-refractivity contribution < 1.29 is 24.2 Å². The van der Waals surface area contributed by atoms with Crippen LogP contribution in [0.5, 0.6) is 0 Å². The third-order valence-corrected chi connectivity index (χ3v) is 1.50. The molecule has 0 saturated carbocycles. The second-order valence-electron chi connectivity index (χ2n) is 2.69. The highest BCUT2D eigenvalue weighted by Gasteiger charge is 2.19. The molecule has 0 aliphatic carbocycles. The summed E-state index contributed by atoms with van der Waals surface area (Å²) in [5, 5.41) is 12.4. The van der Waals surface area contributed by atoms with Crippen LogP contribution in [-0.2, 0) is 19.1 Å². The quantitative estimate of drug-likeness (QED) is 0.530. The Hall–Kier alpha value is -1.59. The Kier molecular flexibility index (Phi) is 5.28. The molecule has 0 heterocycles. The van der Waals surface area contributed by atoms with E-state index >= 15 is 0 Å². The van der Waals surface area contributed by atoms with Crippen LogP contribution in [0.1, 0.15) is 19.8 Å². The van der Waals surface area contributed by atoms with Crippen molar-refractivity contribution in [2.75, 3.05) is 7.11 Å². The molecule has 0 aliphatic rings. The minimum atomic E-state index is -1.27. The molecule has 1 atom stereocenters. The smallest absolute Gasteiger partial charge is 0.328 e. The highest BCUT2D eigenvalue weighted by atomic mass is 16.5. The number of amides is 1. The molecule has 14 heavy (non-hydrogen) atoms. The fourth-order valence-electron chi connectivity index (χ4n) is 0.899. The van der Waals surface area contributed by atoms with Gasteiger partial charge in [0.1, 0.15) is 6.04 Å². The molecular weight excluding hydrogens is 190 g/mol. The predicted octanol–water partition coefficient (Wildman–Crippen LogP) is -1.81. The maximum Gasteiger partial charge on any atom is 0.328 e. The Morgan fingerprint density at radius 2 is 2.00 bits per heavy atom. The zero-order chi connectivity index (χ0) is 11.1. The van der Waals surface area contributed by atoms with E-state index in [0.717, 1.165) is 7.11 Å². The van der Waals surface area contributed by atoms with E-state index in [4.69, 9.17) is 0 Å². The van der Waals surface area contributed by atoms with Gasteiger partial charge in [-0.25, -0.2) is 4.79 Å². The van der Waals surface area contributed by atoms with Crippen molar-refractivity contribution in [2.45, 2.75) is 25.8 Å². The third-order valence-electron chi connectivity index (χ3n) is 1.50. The Bertz CT molecular complexity index is 238. The normalized spacial score (nSPS) is 11.6. The van der Waals surface area contributed by atoms with E-state index in [1.807, 2.05) is 0 Å². The molecule has 0 aromatic heterocycles. The summed E-state index contributed by atoms with van der Waals surface area (Å²) in [4.78, 5) is 31.8. The van der Waals surface area contributed by atoms with Gasteiger partial charge in [0, 0.05) is 12.9 Å². The van der Waals surface area contributed by atoms with Gasteiger partial charge in [0.2, 0.25) is 5.91 Å². The first-order valence-corrected chi connectivity index (χ1v) is 4.02. The summed E-state index contributed by atoms with van der Waals surface area (Å²) >= 11 is 0. The molecule has 0 aromatic rings. The maximum absolute atomic E-state index is 11.0. The van der Waals surface area contributed by atoms with E-state index in [1.165, 1.54) is 6.92 Å². The maximum atomic E-state index is 11.0. The zero-order valence-corrected chi connectivity index (χ0v) is 8.03. The van der Waals surface area contributed by atoms with Crippen LogP contribution in [0.25, 0.3) is 0 Å². The first-order valence-electron chi connectivity index (χ1n) is 4.02. The van der Waals surface area contributed by atoms with Gasteiger partial charge in [-0.2, -0.15) is 0 Å². The molecule has 80 valence electrons. The average Bonchev–Trinajstić information content (AvgIpc) is 2.10. The monoisotopic (exact) mass is 202 g/mol. The number of ether oxygens (including phenoxy) is 1. The van der Waals surface area contributed by atoms with Gasteiger partial charge in [0.05, 0.1) is 7.11 Å². The summed E-state index contributed by atoms with van der Waals surface area (Å²) in [6.07, 6.45) is -0.339. The molecule has 0 radical (unpaired) electrons. The van der Waals surface area contributed by atoms with E-state index in [1.54, 1.807) is 0 Å². The standard InChI is InChI=1S/C8H13NO5/c1-5(10)9-6(8(13)14-2)3-4-7(11)12/h6H,3-4H2,1-2H3,(H,9,10)(H,11,12)/p-1/t6-/m0/s1. The fraction of sp³-hybridized carbons (Fsp3) is 0.625. The van der Waals surface area contributed by atoms with Crippen molar-refractivity contribution in [1.82, 2.24) is 5.32 Å². The molecular formula is C8H12NO5-. The highest BCUT2D eigenvalue weighted by molar-refractivity contribution is 5.83. The van der Waals surface area contributed by atoms with Gasteiger partial charge < -0.3 is 20.0 Å². The van der Waals surface area contributed by atoms with Crippen molar-refractivity contribution in [3.05, 3.63) is 0 Å². The molecule has 0 saturated heterocycles. The van der Waals surface area contributed by atoms with E-state index in [0.29, 0.717) is 0 Å². The number of carboxylic acids is 1. The molecule has 0 unspecified atom stereocenters. The van der Waals surface area contributed by atoms with E-state index in [2.05, 4.69) is 10.1 Å². The summed E-state index contributed by atoms with van der Waals surface area (Å²) in [7, 11) is 1.16. The van der Waals surface area contributed by atoms with E-state index in [9.17, 15) is 19.5 Å². The van der Waals surface area contributed by atoms with E-state index < -0.39 is 23.9 Å². The van der Waals surface area contributed by atoms with Crippen LogP contribution in [0.2, 0.25) is 0 Å². The summed E-state index contributed by atoms with van der Waals surface area (Å²) in [5.74, 6) is -2.36. The Labute approximate surface area is 81.2 Å².